The number of carbonyl (C=O) groups excluding carboxylic acids is 1. The SMILES string of the molecule is C=CC(=O)Nc1ccc(-c2ccc(-c3ccc(C4CCC(CCCCC)CC4)cc3)cc2CC)cc1. The van der Waals surface area contributed by atoms with Crippen LogP contribution < -0.4 is 5.32 Å². The minimum Gasteiger partial charge on any atom is -0.323 e. The third kappa shape index (κ3) is 6.55. The molecule has 0 aromatic heterocycles. The van der Waals surface area contributed by atoms with Crippen molar-refractivity contribution in [3.05, 3.63) is 90.5 Å². The summed E-state index contributed by atoms with van der Waals surface area (Å²) in [7, 11) is 0. The Morgan fingerprint density at radius 2 is 1.53 bits per heavy atom. The molecule has 0 atom stereocenters. The van der Waals surface area contributed by atoms with Crippen molar-refractivity contribution in [2.75, 3.05) is 5.32 Å². The molecule has 1 aliphatic carbocycles. The van der Waals surface area contributed by atoms with E-state index >= 15 is 0 Å². The molecular formula is C34H41NO. The number of benzene rings is 3. The number of carbonyl (C=O) groups is 1. The van der Waals surface area contributed by atoms with Crippen LogP contribution in [0.4, 0.5) is 5.69 Å². The lowest BCUT2D eigenvalue weighted by atomic mass is 9.77. The van der Waals surface area contributed by atoms with Gasteiger partial charge in [-0.2, -0.15) is 0 Å². The van der Waals surface area contributed by atoms with Gasteiger partial charge in [0.15, 0.2) is 0 Å². The molecule has 0 heterocycles. The van der Waals surface area contributed by atoms with Gasteiger partial charge in [0.2, 0.25) is 5.91 Å². The Morgan fingerprint density at radius 3 is 2.17 bits per heavy atom. The van der Waals surface area contributed by atoms with Gasteiger partial charge in [-0.3, -0.25) is 4.79 Å². The fourth-order valence-electron chi connectivity index (χ4n) is 5.69. The predicted molar refractivity (Wildman–Crippen MR) is 154 cm³/mol. The van der Waals surface area contributed by atoms with E-state index < -0.39 is 0 Å². The summed E-state index contributed by atoms with van der Waals surface area (Å²) < 4.78 is 0. The number of rotatable bonds is 10. The highest BCUT2D eigenvalue weighted by Crippen LogP contribution is 2.38. The van der Waals surface area contributed by atoms with Gasteiger partial charge in [0.1, 0.15) is 0 Å². The van der Waals surface area contributed by atoms with Gasteiger partial charge in [0.05, 0.1) is 0 Å². The third-order valence-corrected chi connectivity index (χ3v) is 7.91. The first-order valence-electron chi connectivity index (χ1n) is 13.9. The van der Waals surface area contributed by atoms with Gasteiger partial charge >= 0.3 is 0 Å². The van der Waals surface area contributed by atoms with Gasteiger partial charge < -0.3 is 5.32 Å². The molecule has 2 heteroatoms. The van der Waals surface area contributed by atoms with Crippen LogP contribution in [0.3, 0.4) is 0 Å². The van der Waals surface area contributed by atoms with Crippen LogP contribution in [0.15, 0.2) is 79.4 Å². The van der Waals surface area contributed by atoms with Gasteiger partial charge in [0, 0.05) is 5.69 Å². The lowest BCUT2D eigenvalue weighted by Crippen LogP contribution is -2.13. The van der Waals surface area contributed by atoms with E-state index in [0.29, 0.717) is 0 Å². The van der Waals surface area contributed by atoms with E-state index in [1.165, 1.54) is 85.3 Å². The summed E-state index contributed by atoms with van der Waals surface area (Å²) in [5.41, 5.74) is 8.60. The molecule has 3 aromatic carbocycles. The van der Waals surface area contributed by atoms with Crippen molar-refractivity contribution in [1.82, 2.24) is 0 Å². The van der Waals surface area contributed by atoms with Crippen molar-refractivity contribution in [3.63, 3.8) is 0 Å². The van der Waals surface area contributed by atoms with Crippen molar-refractivity contribution in [2.24, 2.45) is 5.92 Å². The summed E-state index contributed by atoms with van der Waals surface area (Å²) >= 11 is 0. The molecule has 2 nitrogen and oxygen atoms in total. The molecule has 0 saturated heterocycles. The summed E-state index contributed by atoms with van der Waals surface area (Å²) in [4.78, 5) is 11.5. The van der Waals surface area contributed by atoms with Crippen molar-refractivity contribution in [3.8, 4) is 22.3 Å². The molecule has 1 aliphatic rings. The highest BCUT2D eigenvalue weighted by Gasteiger charge is 2.22. The molecular weight excluding hydrogens is 438 g/mol. The van der Waals surface area contributed by atoms with Crippen LogP contribution in [-0.2, 0) is 11.2 Å². The second-order valence-corrected chi connectivity index (χ2v) is 10.3. The van der Waals surface area contributed by atoms with Crippen molar-refractivity contribution >= 4 is 11.6 Å². The normalized spacial score (nSPS) is 17.5. The highest BCUT2D eigenvalue weighted by atomic mass is 16.1. The Balaban J connectivity index is 1.42. The Hall–Kier alpha value is -3.13. The van der Waals surface area contributed by atoms with E-state index in [1.54, 1.807) is 0 Å². The lowest BCUT2D eigenvalue weighted by molar-refractivity contribution is -0.111. The summed E-state index contributed by atoms with van der Waals surface area (Å²) in [6.07, 6.45) is 13.3. The van der Waals surface area contributed by atoms with Gasteiger partial charge in [-0.25, -0.2) is 0 Å². The second-order valence-electron chi connectivity index (χ2n) is 10.3. The number of hydrogen-bond acceptors (Lipinski definition) is 1. The molecule has 0 aliphatic heterocycles. The molecule has 0 unspecified atom stereocenters. The Labute approximate surface area is 217 Å². The average molecular weight is 480 g/mol. The minimum atomic E-state index is -0.192. The first kappa shape index (κ1) is 25.9. The summed E-state index contributed by atoms with van der Waals surface area (Å²) in [5.74, 6) is 1.50. The first-order valence-corrected chi connectivity index (χ1v) is 13.9. The summed E-state index contributed by atoms with van der Waals surface area (Å²) in [6.45, 7) is 8.02. The largest absolute Gasteiger partial charge is 0.323 e. The molecule has 188 valence electrons. The standard InChI is InChI=1S/C34H41NO/c1-4-7-8-9-25-10-12-27(13-11-25)28-14-16-29(17-15-28)31-20-23-33(26(5-2)24-31)30-18-21-32(22-19-30)35-34(36)6-3/h6,14-25,27H,3-5,7-13H2,1-2H3,(H,35,36). The minimum absolute atomic E-state index is 0.192. The monoisotopic (exact) mass is 479 g/mol. The maximum absolute atomic E-state index is 11.5. The van der Waals surface area contributed by atoms with Gasteiger partial charge in [-0.15, -0.1) is 0 Å². The van der Waals surface area contributed by atoms with Crippen molar-refractivity contribution < 1.29 is 4.79 Å². The maximum atomic E-state index is 11.5. The zero-order valence-electron chi connectivity index (χ0n) is 22.1. The van der Waals surface area contributed by atoms with Gasteiger partial charge in [-0.05, 0) is 95.5 Å². The Morgan fingerprint density at radius 1 is 0.861 bits per heavy atom. The van der Waals surface area contributed by atoms with Crippen LogP contribution in [-0.4, -0.2) is 5.91 Å². The molecule has 36 heavy (non-hydrogen) atoms. The summed E-state index contributed by atoms with van der Waals surface area (Å²) in [5, 5.41) is 2.81. The molecule has 4 rings (SSSR count). The number of aryl methyl sites for hydroxylation is 1. The number of nitrogens with one attached hydrogen (secondary N) is 1. The van der Waals surface area contributed by atoms with Crippen LogP contribution in [0, 0.1) is 5.92 Å². The molecule has 1 amide bonds. The topological polar surface area (TPSA) is 29.1 Å². The number of anilines is 1. The Bertz CT molecular complexity index is 1130. The van der Waals surface area contributed by atoms with E-state index in [-0.39, 0.29) is 5.91 Å². The number of amides is 1. The molecule has 0 spiro atoms. The average Bonchev–Trinajstić information content (AvgIpc) is 2.94. The van der Waals surface area contributed by atoms with Gasteiger partial charge in [-0.1, -0.05) is 101 Å². The number of unbranched alkanes of at least 4 members (excludes halogenated alkanes) is 2. The molecule has 3 aromatic rings. The van der Waals surface area contributed by atoms with Crippen molar-refractivity contribution in [2.45, 2.75) is 77.6 Å². The lowest BCUT2D eigenvalue weighted by Gasteiger charge is -2.29. The van der Waals surface area contributed by atoms with Crippen LogP contribution in [0.2, 0.25) is 0 Å². The molecule has 0 radical (unpaired) electrons. The zero-order chi connectivity index (χ0) is 25.3. The van der Waals surface area contributed by atoms with Crippen molar-refractivity contribution in [1.29, 1.82) is 0 Å². The molecule has 1 fully saturated rings. The summed E-state index contributed by atoms with van der Waals surface area (Å²) in [6, 6.07) is 24.2. The van der Waals surface area contributed by atoms with Crippen LogP contribution in [0.25, 0.3) is 22.3 Å². The second kappa shape index (κ2) is 12.7. The van der Waals surface area contributed by atoms with Crippen LogP contribution in [0.5, 0.6) is 0 Å². The van der Waals surface area contributed by atoms with Gasteiger partial charge in [0.25, 0.3) is 0 Å². The quantitative estimate of drug-likeness (QED) is 0.228. The first-order chi connectivity index (χ1) is 17.6. The fraction of sp³-hybridized carbons (Fsp3) is 0.382. The Kier molecular flexibility index (Phi) is 9.17. The molecule has 0 bridgehead atoms. The molecule has 1 saturated carbocycles. The van der Waals surface area contributed by atoms with E-state index in [9.17, 15) is 4.79 Å². The number of hydrogen-bond donors (Lipinski definition) is 1. The van der Waals surface area contributed by atoms with E-state index in [4.69, 9.17) is 0 Å². The maximum Gasteiger partial charge on any atom is 0.247 e. The van der Waals surface area contributed by atoms with E-state index in [1.807, 2.05) is 12.1 Å². The van der Waals surface area contributed by atoms with E-state index in [0.717, 1.165) is 29.5 Å². The zero-order valence-corrected chi connectivity index (χ0v) is 22.1. The van der Waals surface area contributed by atoms with E-state index in [2.05, 4.69) is 80.3 Å². The molecule has 1 N–H and O–H groups in total. The fourth-order valence-corrected chi connectivity index (χ4v) is 5.69. The predicted octanol–water partition coefficient (Wildman–Crippen LogP) is 9.56. The highest BCUT2D eigenvalue weighted by molar-refractivity contribution is 5.99. The van der Waals surface area contributed by atoms with Crippen LogP contribution in [0.1, 0.15) is 82.3 Å². The van der Waals surface area contributed by atoms with Crippen LogP contribution >= 0.6 is 0 Å². The smallest absolute Gasteiger partial charge is 0.247 e. The third-order valence-electron chi connectivity index (χ3n) is 7.91.